The van der Waals surface area contributed by atoms with E-state index >= 15 is 0 Å². The number of methoxy groups -OCH3 is 3. The lowest BCUT2D eigenvalue weighted by Crippen LogP contribution is -2.74. The third kappa shape index (κ3) is 4.56. The Kier molecular flexibility index (Phi) is 7.73. The highest BCUT2D eigenvalue weighted by atomic mass is 32.3. The van der Waals surface area contributed by atoms with Gasteiger partial charge in [-0.3, -0.25) is 23.7 Å². The van der Waals surface area contributed by atoms with Gasteiger partial charge < -0.3 is 28.8 Å². The number of likely N-dealkylation sites (N-methyl/N-ethyl adjacent to an activating group) is 2. The first-order chi connectivity index (χ1) is 24.2. The summed E-state index contributed by atoms with van der Waals surface area (Å²) in [6.07, 6.45) is 10.4. The summed E-state index contributed by atoms with van der Waals surface area (Å²) in [7, 11) is 4.66. The molecule has 2 spiro atoms. The summed E-state index contributed by atoms with van der Waals surface area (Å²) in [5, 5.41) is 11.7. The van der Waals surface area contributed by atoms with Crippen molar-refractivity contribution in [2.45, 2.75) is 66.4 Å². The van der Waals surface area contributed by atoms with E-state index in [1.54, 1.807) is 27.4 Å². The first-order valence-corrected chi connectivity index (χ1v) is 18.4. The maximum absolute atomic E-state index is 12.6. The SMILES string of the molecule is COC1=CC=C2[C@H]3Cc4ccc(OC)c5c4[C@@]2(CCN3C)[C@H]1O5.COc1ccc2c3c1O[C@H]1C(=O)C=C[C@@]4(O)[C@@H](C2)N(C)CC[C@]314.O=S(=O)(O)O. The van der Waals surface area contributed by atoms with Gasteiger partial charge >= 0.3 is 10.4 Å². The highest BCUT2D eigenvalue weighted by molar-refractivity contribution is 7.79. The standard InChI is InChI=1S/C19H21NO3.C18H19NO4.H2O4S/c1-20-9-8-19-12-5-7-15(22-3)18(19)23-17-14(21-2)6-4-11(16(17)19)10-13(12)20;1-19-8-7-17-14-10-3-4-12(22-2)15(14)23-16(17)11(20)5-6-18(17,21)13(19)9-10;1-5(2,3)4/h4-7,13,18H,8-10H2,1-3H3;3-6,13,16,21H,7-9H2,1-2H3;(H2,1,2,3,4)/t13-,18+,19+;13-,16+,17+,18-;/m11./s1. The van der Waals surface area contributed by atoms with Crippen LogP contribution in [-0.4, -0.2) is 117 Å². The zero-order chi connectivity index (χ0) is 36.2. The summed E-state index contributed by atoms with van der Waals surface area (Å²) in [6.45, 7) is 1.92. The molecule has 8 aliphatic rings. The van der Waals surface area contributed by atoms with Crippen molar-refractivity contribution in [3.63, 3.8) is 0 Å². The number of nitrogens with zero attached hydrogens (tertiary/aromatic N) is 2. The molecule has 10 rings (SSSR count). The molecule has 4 bridgehead atoms. The van der Waals surface area contributed by atoms with Crippen LogP contribution in [0.4, 0.5) is 0 Å². The average Bonchev–Trinajstić information content (AvgIpc) is 3.63. The number of ketones is 1. The highest BCUT2D eigenvalue weighted by Gasteiger charge is 2.71. The molecule has 0 radical (unpaired) electrons. The quantitative estimate of drug-likeness (QED) is 0.397. The minimum atomic E-state index is -4.67. The predicted molar refractivity (Wildman–Crippen MR) is 184 cm³/mol. The average molecular weight is 723 g/mol. The van der Waals surface area contributed by atoms with Crippen molar-refractivity contribution in [1.29, 1.82) is 0 Å². The fraction of sp³-hybridized carbons (Fsp3) is 0.486. The molecule has 13 nitrogen and oxygen atoms in total. The Morgan fingerprint density at radius 1 is 0.824 bits per heavy atom. The summed E-state index contributed by atoms with van der Waals surface area (Å²) in [5.74, 6) is 3.90. The first kappa shape index (κ1) is 34.2. The van der Waals surface area contributed by atoms with Crippen molar-refractivity contribution < 1.29 is 51.1 Å². The number of allylic oxidation sites excluding steroid dienone is 2. The van der Waals surface area contributed by atoms with Gasteiger partial charge in [-0.25, -0.2) is 0 Å². The van der Waals surface area contributed by atoms with Crippen LogP contribution in [0.3, 0.4) is 0 Å². The van der Waals surface area contributed by atoms with Crippen molar-refractivity contribution in [3.05, 3.63) is 82.2 Å². The van der Waals surface area contributed by atoms with Gasteiger partial charge in [0.25, 0.3) is 0 Å². The molecule has 14 heteroatoms. The van der Waals surface area contributed by atoms with Crippen molar-refractivity contribution in [1.82, 2.24) is 9.80 Å². The number of carbonyl (C=O) groups is 1. The third-order valence-corrected chi connectivity index (χ3v) is 12.5. The molecule has 4 heterocycles. The Balaban J connectivity index is 0.000000130. The first-order valence-electron chi connectivity index (χ1n) is 17.0. The zero-order valence-electron chi connectivity index (χ0n) is 29.1. The molecule has 7 atom stereocenters. The number of hydrogen-bond donors (Lipinski definition) is 3. The van der Waals surface area contributed by atoms with Gasteiger partial charge in [0, 0.05) is 23.2 Å². The van der Waals surface area contributed by atoms with Crippen LogP contribution >= 0.6 is 0 Å². The summed E-state index contributed by atoms with van der Waals surface area (Å²) < 4.78 is 60.9. The molecule has 0 amide bonds. The van der Waals surface area contributed by atoms with Gasteiger partial charge in [-0.15, -0.1) is 0 Å². The molecular weight excluding hydrogens is 680 g/mol. The second kappa shape index (κ2) is 11.5. The molecule has 0 saturated carbocycles. The van der Waals surface area contributed by atoms with Gasteiger partial charge in [0.15, 0.2) is 41.0 Å². The molecule has 2 aromatic rings. The monoisotopic (exact) mass is 722 g/mol. The van der Waals surface area contributed by atoms with Gasteiger partial charge in [-0.1, -0.05) is 18.2 Å². The number of likely N-dealkylation sites (tertiary alicyclic amines) is 2. The third-order valence-electron chi connectivity index (χ3n) is 12.5. The van der Waals surface area contributed by atoms with Crippen LogP contribution in [0.1, 0.15) is 35.1 Å². The predicted octanol–water partition coefficient (Wildman–Crippen LogP) is 2.60. The second-order valence-corrected chi connectivity index (χ2v) is 15.4. The summed E-state index contributed by atoms with van der Waals surface area (Å²) >= 11 is 0. The highest BCUT2D eigenvalue weighted by Crippen LogP contribution is 2.64. The Hall–Kier alpha value is -3.92. The van der Waals surface area contributed by atoms with Crippen LogP contribution in [0, 0.1) is 0 Å². The van der Waals surface area contributed by atoms with E-state index in [0.29, 0.717) is 24.0 Å². The molecule has 0 aromatic heterocycles. The molecule has 2 aromatic carbocycles. The molecule has 4 aliphatic carbocycles. The van der Waals surface area contributed by atoms with Crippen molar-refractivity contribution >= 4 is 16.2 Å². The van der Waals surface area contributed by atoms with Crippen LogP contribution in [-0.2, 0) is 43.6 Å². The Bertz CT molecular complexity index is 2040. The molecule has 2 fully saturated rings. The van der Waals surface area contributed by atoms with E-state index in [2.05, 4.69) is 41.1 Å². The minimum Gasteiger partial charge on any atom is -0.497 e. The number of aliphatic hydroxyl groups is 1. The van der Waals surface area contributed by atoms with Crippen LogP contribution in [0.5, 0.6) is 23.0 Å². The number of benzene rings is 2. The van der Waals surface area contributed by atoms with E-state index in [4.69, 9.17) is 41.2 Å². The largest absolute Gasteiger partial charge is 0.497 e. The van der Waals surface area contributed by atoms with E-state index in [9.17, 15) is 9.90 Å². The number of piperidine rings is 2. The number of hydrogen-bond acceptors (Lipinski definition) is 11. The Morgan fingerprint density at radius 3 is 2.08 bits per heavy atom. The lowest BCUT2D eigenvalue weighted by Gasteiger charge is -2.60. The van der Waals surface area contributed by atoms with E-state index < -0.39 is 27.5 Å². The van der Waals surface area contributed by atoms with Gasteiger partial charge in [0.05, 0.1) is 32.2 Å². The van der Waals surface area contributed by atoms with Crippen LogP contribution < -0.4 is 18.9 Å². The fourth-order valence-electron chi connectivity index (χ4n) is 10.4. The van der Waals surface area contributed by atoms with Gasteiger partial charge in [-0.2, -0.15) is 8.42 Å². The Morgan fingerprint density at radius 2 is 1.43 bits per heavy atom. The number of rotatable bonds is 3. The molecule has 51 heavy (non-hydrogen) atoms. The molecule has 4 aliphatic heterocycles. The van der Waals surface area contributed by atoms with E-state index in [1.807, 2.05) is 19.2 Å². The molecule has 2 saturated heterocycles. The maximum Gasteiger partial charge on any atom is 0.394 e. The molecule has 3 N–H and O–H groups in total. The lowest BCUT2D eigenvalue weighted by molar-refractivity contribution is -0.151. The van der Waals surface area contributed by atoms with Crippen molar-refractivity contribution in [3.8, 4) is 23.0 Å². The van der Waals surface area contributed by atoms with Crippen LogP contribution in [0.2, 0.25) is 0 Å². The maximum atomic E-state index is 12.6. The molecular formula is C37H42N2O11S. The van der Waals surface area contributed by atoms with Gasteiger partial charge in [0.2, 0.25) is 0 Å². The van der Waals surface area contributed by atoms with E-state index in [-0.39, 0.29) is 23.3 Å². The van der Waals surface area contributed by atoms with E-state index in [0.717, 1.165) is 60.7 Å². The van der Waals surface area contributed by atoms with Crippen LogP contribution in [0.25, 0.3) is 0 Å². The number of carbonyl (C=O) groups excluding carboxylic acids is 1. The minimum absolute atomic E-state index is 0.0430. The van der Waals surface area contributed by atoms with E-state index in [1.165, 1.54) is 22.8 Å². The second-order valence-electron chi connectivity index (χ2n) is 14.5. The summed E-state index contributed by atoms with van der Waals surface area (Å²) in [4.78, 5) is 17.2. The van der Waals surface area contributed by atoms with Crippen molar-refractivity contribution in [2.75, 3.05) is 48.5 Å². The van der Waals surface area contributed by atoms with Gasteiger partial charge in [-0.05, 0) is 99.9 Å². The molecule has 272 valence electrons. The fourth-order valence-corrected chi connectivity index (χ4v) is 10.4. The normalized spacial score (nSPS) is 34.2. The molecule has 0 unspecified atom stereocenters. The lowest BCUT2D eigenvalue weighted by atomic mass is 9.51. The topological polar surface area (TPSA) is 165 Å². The summed E-state index contributed by atoms with van der Waals surface area (Å²) in [6, 6.07) is 8.64. The Labute approximate surface area is 296 Å². The number of ether oxygens (including phenoxy) is 5. The van der Waals surface area contributed by atoms with Crippen molar-refractivity contribution in [2.24, 2.45) is 0 Å². The zero-order valence-corrected chi connectivity index (χ0v) is 29.9. The van der Waals surface area contributed by atoms with Crippen LogP contribution in [0.15, 0.2) is 59.9 Å². The van der Waals surface area contributed by atoms with Gasteiger partial charge in [0.1, 0.15) is 11.4 Å². The summed E-state index contributed by atoms with van der Waals surface area (Å²) in [5.41, 5.74) is 4.54. The smallest absolute Gasteiger partial charge is 0.394 e.